The fraction of sp³-hybridized carbons (Fsp3) is 0.875. The molecule has 0 aliphatic rings. The second-order valence-electron chi connectivity index (χ2n) is 2.42. The summed E-state index contributed by atoms with van der Waals surface area (Å²) in [7, 11) is 3.44. The molecule has 4 heteroatoms. The lowest BCUT2D eigenvalue weighted by Crippen LogP contribution is -2.13. The molecule has 0 aromatic carbocycles. The van der Waals surface area contributed by atoms with Crippen molar-refractivity contribution in [3.05, 3.63) is 0 Å². The first kappa shape index (κ1) is 11.4. The van der Waals surface area contributed by atoms with Gasteiger partial charge in [-0.25, -0.2) is 0 Å². The summed E-state index contributed by atoms with van der Waals surface area (Å²) in [5.74, 6) is -0.151. The van der Waals surface area contributed by atoms with Crippen molar-refractivity contribution >= 4 is 5.97 Å². The van der Waals surface area contributed by atoms with Crippen LogP contribution < -0.4 is 5.32 Å². The summed E-state index contributed by atoms with van der Waals surface area (Å²) in [6.45, 7) is 1.67. The van der Waals surface area contributed by atoms with Gasteiger partial charge in [0.25, 0.3) is 0 Å². The Bertz CT molecular complexity index is 105. The number of ether oxygens (including phenoxy) is 2. The van der Waals surface area contributed by atoms with Gasteiger partial charge < -0.3 is 14.8 Å². The van der Waals surface area contributed by atoms with E-state index < -0.39 is 0 Å². The van der Waals surface area contributed by atoms with Crippen LogP contribution >= 0.6 is 0 Å². The van der Waals surface area contributed by atoms with Gasteiger partial charge in [0.2, 0.25) is 0 Å². The number of carbonyl (C=O) groups is 1. The molecule has 0 saturated carbocycles. The van der Waals surface area contributed by atoms with Crippen molar-refractivity contribution in [2.45, 2.75) is 12.8 Å². The Balaban J connectivity index is 3.10. The Kier molecular flexibility index (Phi) is 8.05. The standard InChI is InChI=1S/C8H17NO3/c1-9-5-3-4-8(10)12-7-6-11-2/h9H,3-7H2,1-2H3. The monoisotopic (exact) mass is 175 g/mol. The molecule has 1 N–H and O–H groups in total. The largest absolute Gasteiger partial charge is 0.463 e. The fourth-order valence-electron chi connectivity index (χ4n) is 0.721. The van der Waals surface area contributed by atoms with E-state index in [1.807, 2.05) is 7.05 Å². The third-order valence-electron chi connectivity index (χ3n) is 1.36. The average Bonchev–Trinajstić information content (AvgIpc) is 2.06. The van der Waals surface area contributed by atoms with Crippen LogP contribution in [-0.4, -0.2) is 39.9 Å². The van der Waals surface area contributed by atoms with Crippen LogP contribution in [0.15, 0.2) is 0 Å². The molecule has 0 aromatic heterocycles. The van der Waals surface area contributed by atoms with Crippen molar-refractivity contribution in [2.75, 3.05) is 33.9 Å². The number of hydrogen-bond acceptors (Lipinski definition) is 4. The number of methoxy groups -OCH3 is 1. The van der Waals surface area contributed by atoms with E-state index in [1.54, 1.807) is 7.11 Å². The zero-order chi connectivity index (χ0) is 9.23. The molecule has 72 valence electrons. The third kappa shape index (κ3) is 7.50. The number of esters is 1. The number of rotatable bonds is 7. The highest BCUT2D eigenvalue weighted by atomic mass is 16.6. The Labute approximate surface area is 73.2 Å². The van der Waals surface area contributed by atoms with Gasteiger partial charge in [-0.15, -0.1) is 0 Å². The Morgan fingerprint density at radius 2 is 2.17 bits per heavy atom. The van der Waals surface area contributed by atoms with Crippen molar-refractivity contribution in [2.24, 2.45) is 0 Å². The summed E-state index contributed by atoms with van der Waals surface area (Å²) in [5.41, 5.74) is 0. The molecule has 0 rings (SSSR count). The zero-order valence-corrected chi connectivity index (χ0v) is 7.76. The van der Waals surface area contributed by atoms with Crippen molar-refractivity contribution in [3.63, 3.8) is 0 Å². The Morgan fingerprint density at radius 3 is 2.75 bits per heavy atom. The minimum Gasteiger partial charge on any atom is -0.463 e. The van der Waals surface area contributed by atoms with E-state index in [1.165, 1.54) is 0 Å². The number of nitrogens with one attached hydrogen (secondary N) is 1. The molecule has 0 heterocycles. The third-order valence-corrected chi connectivity index (χ3v) is 1.36. The molecule has 0 fully saturated rings. The van der Waals surface area contributed by atoms with Crippen molar-refractivity contribution in [1.29, 1.82) is 0 Å². The minimum atomic E-state index is -0.151. The maximum atomic E-state index is 10.9. The molecule has 0 atom stereocenters. The highest BCUT2D eigenvalue weighted by molar-refractivity contribution is 5.69. The molecule has 0 radical (unpaired) electrons. The van der Waals surface area contributed by atoms with E-state index in [-0.39, 0.29) is 5.97 Å². The molecular weight excluding hydrogens is 158 g/mol. The topological polar surface area (TPSA) is 47.6 Å². The van der Waals surface area contributed by atoms with Crippen molar-refractivity contribution in [3.8, 4) is 0 Å². The molecule has 0 aliphatic heterocycles. The van der Waals surface area contributed by atoms with E-state index in [0.717, 1.165) is 13.0 Å². The van der Waals surface area contributed by atoms with E-state index in [0.29, 0.717) is 19.6 Å². The van der Waals surface area contributed by atoms with Crippen LogP contribution in [0.25, 0.3) is 0 Å². The predicted molar refractivity (Wildman–Crippen MR) is 46.0 cm³/mol. The maximum Gasteiger partial charge on any atom is 0.305 e. The smallest absolute Gasteiger partial charge is 0.305 e. The molecule has 0 amide bonds. The lowest BCUT2D eigenvalue weighted by atomic mass is 10.3. The highest BCUT2D eigenvalue weighted by Gasteiger charge is 2.00. The SMILES string of the molecule is CNCCCC(=O)OCCOC. The normalized spacial score (nSPS) is 9.83. The maximum absolute atomic E-state index is 10.9. The first-order chi connectivity index (χ1) is 5.81. The molecule has 0 spiro atoms. The first-order valence-corrected chi connectivity index (χ1v) is 4.10. The lowest BCUT2D eigenvalue weighted by Gasteiger charge is -2.03. The highest BCUT2D eigenvalue weighted by Crippen LogP contribution is 1.90. The van der Waals surface area contributed by atoms with E-state index in [2.05, 4.69) is 5.32 Å². The van der Waals surface area contributed by atoms with Gasteiger partial charge in [-0.2, -0.15) is 0 Å². The second-order valence-corrected chi connectivity index (χ2v) is 2.42. The van der Waals surface area contributed by atoms with E-state index in [4.69, 9.17) is 9.47 Å². The van der Waals surface area contributed by atoms with Crippen LogP contribution in [-0.2, 0) is 14.3 Å². The second kappa shape index (κ2) is 8.49. The van der Waals surface area contributed by atoms with Gasteiger partial charge in [-0.1, -0.05) is 0 Å². The predicted octanol–water partition coefficient (Wildman–Crippen LogP) is 0.176. The summed E-state index contributed by atoms with van der Waals surface area (Å²) in [4.78, 5) is 10.9. The van der Waals surface area contributed by atoms with Gasteiger partial charge in [0.05, 0.1) is 6.61 Å². The molecule has 0 saturated heterocycles. The molecule has 0 unspecified atom stereocenters. The molecular formula is C8H17NO3. The van der Waals surface area contributed by atoms with Gasteiger partial charge in [0, 0.05) is 13.5 Å². The van der Waals surface area contributed by atoms with Crippen molar-refractivity contribution in [1.82, 2.24) is 5.32 Å². The molecule has 12 heavy (non-hydrogen) atoms. The molecule has 0 bridgehead atoms. The van der Waals surface area contributed by atoms with Crippen LogP contribution in [0.5, 0.6) is 0 Å². The first-order valence-electron chi connectivity index (χ1n) is 4.10. The molecule has 0 aromatic rings. The minimum absolute atomic E-state index is 0.151. The van der Waals surface area contributed by atoms with Crippen LogP contribution in [0.3, 0.4) is 0 Å². The Hall–Kier alpha value is -0.610. The van der Waals surface area contributed by atoms with Crippen LogP contribution in [0.2, 0.25) is 0 Å². The van der Waals surface area contributed by atoms with Crippen molar-refractivity contribution < 1.29 is 14.3 Å². The number of hydrogen-bond donors (Lipinski definition) is 1. The average molecular weight is 175 g/mol. The number of carbonyl (C=O) groups excluding carboxylic acids is 1. The van der Waals surface area contributed by atoms with Crippen LogP contribution in [0, 0.1) is 0 Å². The summed E-state index contributed by atoms with van der Waals surface area (Å²) < 4.78 is 9.57. The molecule has 0 aliphatic carbocycles. The quantitative estimate of drug-likeness (QED) is 0.443. The summed E-state index contributed by atoms with van der Waals surface area (Å²) >= 11 is 0. The lowest BCUT2D eigenvalue weighted by molar-refractivity contribution is -0.144. The Morgan fingerprint density at radius 1 is 1.42 bits per heavy atom. The van der Waals surface area contributed by atoms with Gasteiger partial charge in [0.1, 0.15) is 6.61 Å². The van der Waals surface area contributed by atoms with Crippen LogP contribution in [0.1, 0.15) is 12.8 Å². The summed E-state index contributed by atoms with van der Waals surface area (Å²) in [6, 6.07) is 0. The van der Waals surface area contributed by atoms with Gasteiger partial charge in [-0.05, 0) is 20.0 Å². The van der Waals surface area contributed by atoms with E-state index >= 15 is 0 Å². The molecule has 4 nitrogen and oxygen atoms in total. The van der Waals surface area contributed by atoms with E-state index in [9.17, 15) is 4.79 Å². The van der Waals surface area contributed by atoms with Gasteiger partial charge in [-0.3, -0.25) is 4.79 Å². The zero-order valence-electron chi connectivity index (χ0n) is 7.76. The summed E-state index contributed by atoms with van der Waals surface area (Å²) in [5, 5.41) is 2.96. The van der Waals surface area contributed by atoms with Crippen LogP contribution in [0.4, 0.5) is 0 Å². The summed E-state index contributed by atoms with van der Waals surface area (Å²) in [6.07, 6.45) is 1.30. The van der Waals surface area contributed by atoms with Gasteiger partial charge >= 0.3 is 5.97 Å². The van der Waals surface area contributed by atoms with Gasteiger partial charge in [0.15, 0.2) is 0 Å². The fourth-order valence-corrected chi connectivity index (χ4v) is 0.721.